The first kappa shape index (κ1) is 19.6. The van der Waals surface area contributed by atoms with Crippen LogP contribution < -0.4 is 5.43 Å². The number of amides is 1. The van der Waals surface area contributed by atoms with Crippen molar-refractivity contribution in [3.05, 3.63) is 8.83 Å². The summed E-state index contributed by atoms with van der Waals surface area (Å²) in [7, 11) is 1.24. The molecule has 0 aliphatic heterocycles. The Hall–Kier alpha value is -1.49. The van der Waals surface area contributed by atoms with Gasteiger partial charge in [0.05, 0.1) is 19.4 Å². The van der Waals surface area contributed by atoms with Gasteiger partial charge < -0.3 is 19.3 Å². The molecular weight excluding hydrogens is 342 g/mol. The molecule has 0 spiro atoms. The van der Waals surface area contributed by atoms with Crippen LogP contribution in [-0.2, 0) is 20.8 Å². The zero-order chi connectivity index (χ0) is 17.4. The van der Waals surface area contributed by atoms with E-state index in [9.17, 15) is 9.90 Å². The Bertz CT molecular complexity index is 605. The van der Waals surface area contributed by atoms with Crippen LogP contribution in [0.2, 0.25) is 0 Å². The SMILES string of the molecule is CCOC(Cn1c(O)c(/C(C)=N/NC(=O)OC)sc1=S)OCC. The van der Waals surface area contributed by atoms with Gasteiger partial charge in [-0.3, -0.25) is 4.57 Å². The van der Waals surface area contributed by atoms with Gasteiger partial charge >= 0.3 is 6.09 Å². The molecule has 1 aromatic rings. The Morgan fingerprint density at radius 3 is 2.57 bits per heavy atom. The van der Waals surface area contributed by atoms with Gasteiger partial charge in [-0.15, -0.1) is 0 Å². The summed E-state index contributed by atoms with van der Waals surface area (Å²) in [6.45, 7) is 6.60. The monoisotopic (exact) mass is 363 g/mol. The fourth-order valence-electron chi connectivity index (χ4n) is 1.69. The predicted octanol–water partition coefficient (Wildman–Crippen LogP) is 2.46. The molecule has 0 saturated carbocycles. The summed E-state index contributed by atoms with van der Waals surface area (Å²) in [6, 6.07) is 0. The highest BCUT2D eigenvalue weighted by atomic mass is 32.1. The van der Waals surface area contributed by atoms with Gasteiger partial charge in [0.1, 0.15) is 4.88 Å². The molecule has 0 saturated heterocycles. The van der Waals surface area contributed by atoms with Crippen LogP contribution >= 0.6 is 23.6 Å². The lowest BCUT2D eigenvalue weighted by Gasteiger charge is -2.17. The van der Waals surface area contributed by atoms with Crippen molar-refractivity contribution in [3.63, 3.8) is 0 Å². The molecule has 0 atom stereocenters. The Kier molecular flexibility index (Phi) is 8.17. The van der Waals surface area contributed by atoms with Crippen LogP contribution in [-0.4, -0.2) is 48.1 Å². The summed E-state index contributed by atoms with van der Waals surface area (Å²) in [5.41, 5.74) is 2.61. The third-order valence-electron chi connectivity index (χ3n) is 2.73. The fraction of sp³-hybridized carbons (Fsp3) is 0.615. The Labute approximate surface area is 143 Å². The van der Waals surface area contributed by atoms with E-state index in [0.29, 0.717) is 27.8 Å². The van der Waals surface area contributed by atoms with Crippen molar-refractivity contribution in [2.75, 3.05) is 20.3 Å². The fourth-order valence-corrected chi connectivity index (χ4v) is 2.95. The summed E-state index contributed by atoms with van der Waals surface area (Å²) in [4.78, 5) is 11.5. The van der Waals surface area contributed by atoms with Crippen molar-refractivity contribution in [1.82, 2.24) is 9.99 Å². The highest BCUT2D eigenvalue weighted by Gasteiger charge is 2.18. The van der Waals surface area contributed by atoms with Gasteiger partial charge in [0.25, 0.3) is 0 Å². The minimum absolute atomic E-state index is 0.0441. The first-order valence-corrected chi connectivity index (χ1v) is 8.21. The van der Waals surface area contributed by atoms with Gasteiger partial charge in [-0.1, -0.05) is 11.3 Å². The molecule has 0 bridgehead atoms. The van der Waals surface area contributed by atoms with Crippen molar-refractivity contribution in [2.24, 2.45) is 5.10 Å². The van der Waals surface area contributed by atoms with Gasteiger partial charge in [-0.25, -0.2) is 10.2 Å². The largest absolute Gasteiger partial charge is 0.493 e. The second-order valence-corrected chi connectivity index (χ2v) is 5.92. The summed E-state index contributed by atoms with van der Waals surface area (Å²) < 4.78 is 17.3. The van der Waals surface area contributed by atoms with E-state index in [4.69, 9.17) is 21.7 Å². The van der Waals surface area contributed by atoms with Crippen LogP contribution in [0.3, 0.4) is 0 Å². The molecule has 0 unspecified atom stereocenters. The van der Waals surface area contributed by atoms with E-state index >= 15 is 0 Å². The maximum absolute atomic E-state index is 11.0. The molecule has 2 N–H and O–H groups in total. The number of aromatic nitrogens is 1. The molecule has 0 radical (unpaired) electrons. The number of aromatic hydroxyl groups is 1. The number of nitrogens with one attached hydrogen (secondary N) is 1. The quantitative estimate of drug-likeness (QED) is 0.319. The van der Waals surface area contributed by atoms with Crippen molar-refractivity contribution >= 4 is 35.4 Å². The number of ether oxygens (including phenoxy) is 3. The third-order valence-corrected chi connectivity index (χ3v) is 4.28. The number of nitrogens with zero attached hydrogens (tertiary/aromatic N) is 2. The predicted molar refractivity (Wildman–Crippen MR) is 89.6 cm³/mol. The van der Waals surface area contributed by atoms with Crippen molar-refractivity contribution < 1.29 is 24.1 Å². The van der Waals surface area contributed by atoms with Crippen molar-refractivity contribution in [2.45, 2.75) is 33.6 Å². The molecule has 10 heteroatoms. The Balaban J connectivity index is 2.98. The van der Waals surface area contributed by atoms with Crippen molar-refractivity contribution in [1.29, 1.82) is 0 Å². The molecule has 1 heterocycles. The van der Waals surface area contributed by atoms with Crippen LogP contribution in [0.1, 0.15) is 25.6 Å². The molecule has 0 aliphatic rings. The van der Waals surface area contributed by atoms with E-state index in [1.807, 2.05) is 13.8 Å². The van der Waals surface area contributed by atoms with E-state index in [1.54, 1.807) is 6.92 Å². The molecule has 0 fully saturated rings. The lowest BCUT2D eigenvalue weighted by molar-refractivity contribution is -0.144. The molecule has 0 aromatic carbocycles. The number of hydrogen-bond donors (Lipinski definition) is 2. The molecule has 8 nitrogen and oxygen atoms in total. The Morgan fingerprint density at radius 1 is 1.43 bits per heavy atom. The van der Waals surface area contributed by atoms with Crippen LogP contribution in [0.25, 0.3) is 0 Å². The van der Waals surface area contributed by atoms with Crippen molar-refractivity contribution in [3.8, 4) is 5.88 Å². The van der Waals surface area contributed by atoms with E-state index in [-0.39, 0.29) is 12.4 Å². The zero-order valence-electron chi connectivity index (χ0n) is 13.5. The van der Waals surface area contributed by atoms with E-state index in [1.165, 1.54) is 23.0 Å². The second-order valence-electron chi connectivity index (χ2n) is 4.27. The molecule has 23 heavy (non-hydrogen) atoms. The maximum atomic E-state index is 11.0. The van der Waals surface area contributed by atoms with Crippen LogP contribution in [0, 0.1) is 3.95 Å². The minimum Gasteiger partial charge on any atom is -0.493 e. The first-order valence-electron chi connectivity index (χ1n) is 6.98. The topological polar surface area (TPSA) is 94.3 Å². The number of carbonyl (C=O) groups is 1. The zero-order valence-corrected chi connectivity index (χ0v) is 15.1. The molecular formula is C13H21N3O5S2. The summed E-state index contributed by atoms with van der Waals surface area (Å²) in [5.74, 6) is -0.0441. The standard InChI is InChI=1S/C13H21N3O5S2/c1-5-20-9(21-6-2)7-16-11(17)10(23-13(16)22)8(3)14-15-12(18)19-4/h9,17H,5-7H2,1-4H3,(H,15,18)/b14-8+. The van der Waals surface area contributed by atoms with Gasteiger partial charge in [0.2, 0.25) is 5.88 Å². The highest BCUT2D eigenvalue weighted by Crippen LogP contribution is 2.27. The minimum atomic E-state index is -0.695. The highest BCUT2D eigenvalue weighted by molar-refractivity contribution is 7.73. The number of rotatable bonds is 8. The molecule has 1 aromatic heterocycles. The summed E-state index contributed by atoms with van der Waals surface area (Å²) in [5, 5.41) is 14.2. The summed E-state index contributed by atoms with van der Waals surface area (Å²) in [6.07, 6.45) is -1.20. The normalized spacial score (nSPS) is 11.8. The smallest absolute Gasteiger partial charge is 0.427 e. The third kappa shape index (κ3) is 5.57. The molecule has 130 valence electrons. The van der Waals surface area contributed by atoms with E-state index in [2.05, 4.69) is 15.3 Å². The number of carbonyl (C=O) groups excluding carboxylic acids is 1. The van der Waals surface area contributed by atoms with Gasteiger partial charge in [0.15, 0.2) is 10.2 Å². The number of methoxy groups -OCH3 is 1. The van der Waals surface area contributed by atoms with Crippen LogP contribution in [0.5, 0.6) is 5.88 Å². The van der Waals surface area contributed by atoms with Crippen LogP contribution in [0.15, 0.2) is 5.10 Å². The number of hydrazone groups is 1. The Morgan fingerprint density at radius 2 is 2.04 bits per heavy atom. The van der Waals surface area contributed by atoms with Gasteiger partial charge in [-0.2, -0.15) is 5.10 Å². The number of hydrogen-bond acceptors (Lipinski definition) is 8. The molecule has 1 amide bonds. The average molecular weight is 363 g/mol. The van der Waals surface area contributed by atoms with E-state index in [0.717, 1.165) is 0 Å². The van der Waals surface area contributed by atoms with E-state index < -0.39 is 12.4 Å². The van der Waals surface area contributed by atoms with Gasteiger partial charge in [-0.05, 0) is 33.0 Å². The first-order chi connectivity index (χ1) is 10.9. The molecule has 1 rings (SSSR count). The lowest BCUT2D eigenvalue weighted by atomic mass is 10.3. The van der Waals surface area contributed by atoms with Gasteiger partial charge in [0, 0.05) is 13.2 Å². The summed E-state index contributed by atoms with van der Waals surface area (Å²) >= 11 is 6.45. The average Bonchev–Trinajstić information content (AvgIpc) is 2.80. The maximum Gasteiger partial charge on any atom is 0.427 e. The molecule has 0 aliphatic carbocycles. The lowest BCUT2D eigenvalue weighted by Crippen LogP contribution is -2.23. The second kappa shape index (κ2) is 9.60. The number of thiazole rings is 1. The van der Waals surface area contributed by atoms with Crippen LogP contribution in [0.4, 0.5) is 4.79 Å².